The van der Waals surface area contributed by atoms with E-state index >= 15 is 0 Å². The van der Waals surface area contributed by atoms with Crippen molar-refractivity contribution in [1.82, 2.24) is 10.0 Å². The maximum Gasteiger partial charge on any atom is 0.243 e. The van der Waals surface area contributed by atoms with Gasteiger partial charge in [0.1, 0.15) is 10.7 Å². The van der Waals surface area contributed by atoms with E-state index in [4.69, 9.17) is 0 Å². The lowest BCUT2D eigenvalue weighted by atomic mass is 10.2. The molecule has 0 radical (unpaired) electrons. The fourth-order valence-electron chi connectivity index (χ4n) is 2.01. The van der Waals surface area contributed by atoms with E-state index in [-0.39, 0.29) is 17.0 Å². The molecule has 0 heterocycles. The summed E-state index contributed by atoms with van der Waals surface area (Å²) in [6.45, 7) is 8.25. The molecule has 1 aromatic carbocycles. The van der Waals surface area contributed by atoms with Crippen molar-refractivity contribution in [3.05, 3.63) is 29.6 Å². The molecule has 0 aliphatic carbocycles. The van der Waals surface area contributed by atoms with Gasteiger partial charge in [0.25, 0.3) is 0 Å². The maximum atomic E-state index is 14.1. The molecule has 2 N–H and O–H groups in total. The summed E-state index contributed by atoms with van der Waals surface area (Å²) in [6, 6.07) is 4.31. The normalized spacial score (nSPS) is 13.6. The fourth-order valence-corrected chi connectivity index (χ4v) is 3.35. The van der Waals surface area contributed by atoms with Gasteiger partial charge in [-0.15, -0.1) is 0 Å². The summed E-state index contributed by atoms with van der Waals surface area (Å²) >= 11 is 0. The molecule has 120 valence electrons. The van der Waals surface area contributed by atoms with Crippen molar-refractivity contribution in [2.45, 2.75) is 64.1 Å². The number of sulfonamides is 1. The zero-order valence-electron chi connectivity index (χ0n) is 13.1. The molecule has 21 heavy (non-hydrogen) atoms. The Labute approximate surface area is 127 Å². The average molecular weight is 316 g/mol. The van der Waals surface area contributed by atoms with E-state index in [9.17, 15) is 12.8 Å². The van der Waals surface area contributed by atoms with Gasteiger partial charge in [-0.1, -0.05) is 33.3 Å². The Morgan fingerprint density at radius 2 is 1.90 bits per heavy atom. The van der Waals surface area contributed by atoms with E-state index in [1.807, 2.05) is 20.8 Å². The Hall–Kier alpha value is -0.980. The van der Waals surface area contributed by atoms with Crippen molar-refractivity contribution < 1.29 is 12.8 Å². The first-order chi connectivity index (χ1) is 9.76. The Bertz CT molecular complexity index is 559. The van der Waals surface area contributed by atoms with Gasteiger partial charge >= 0.3 is 0 Å². The third-order valence-electron chi connectivity index (χ3n) is 3.08. The molecule has 0 aromatic heterocycles. The predicted octanol–water partition coefficient (Wildman–Crippen LogP) is 2.79. The predicted molar refractivity (Wildman–Crippen MR) is 83.1 cm³/mol. The van der Waals surface area contributed by atoms with E-state index in [0.717, 1.165) is 18.4 Å². The number of rotatable bonds is 8. The second-order valence-corrected chi connectivity index (χ2v) is 7.29. The molecule has 0 saturated carbocycles. The molecular weight excluding hydrogens is 291 g/mol. The number of hydrogen-bond acceptors (Lipinski definition) is 3. The summed E-state index contributed by atoms with van der Waals surface area (Å²) in [4.78, 5) is -0.293. The van der Waals surface area contributed by atoms with Crippen LogP contribution < -0.4 is 10.0 Å². The van der Waals surface area contributed by atoms with Crippen molar-refractivity contribution >= 4 is 10.0 Å². The van der Waals surface area contributed by atoms with Crippen LogP contribution in [-0.4, -0.2) is 20.5 Å². The summed E-state index contributed by atoms with van der Waals surface area (Å²) in [5, 5.41) is 3.16. The minimum absolute atomic E-state index is 0.207. The third kappa shape index (κ3) is 5.73. The van der Waals surface area contributed by atoms with Crippen molar-refractivity contribution in [3.63, 3.8) is 0 Å². The first-order valence-corrected chi connectivity index (χ1v) is 8.78. The van der Waals surface area contributed by atoms with Crippen LogP contribution in [0, 0.1) is 5.82 Å². The highest BCUT2D eigenvalue weighted by atomic mass is 32.2. The summed E-state index contributed by atoms with van der Waals surface area (Å²) in [7, 11) is -3.81. The molecule has 0 aliphatic rings. The molecule has 1 aromatic rings. The summed E-state index contributed by atoms with van der Waals surface area (Å²) in [5.41, 5.74) is 0.724. The zero-order chi connectivity index (χ0) is 16.0. The molecule has 0 bridgehead atoms. The zero-order valence-corrected chi connectivity index (χ0v) is 13.9. The van der Waals surface area contributed by atoms with E-state index < -0.39 is 15.8 Å². The summed E-state index contributed by atoms with van der Waals surface area (Å²) < 4.78 is 40.9. The smallest absolute Gasteiger partial charge is 0.243 e. The van der Waals surface area contributed by atoms with Gasteiger partial charge in [-0.25, -0.2) is 17.5 Å². The SMILES string of the molecule is CCCC(C)NS(=O)(=O)c1ccc(CNC(C)C)cc1F. The largest absolute Gasteiger partial charge is 0.310 e. The monoisotopic (exact) mass is 316 g/mol. The minimum atomic E-state index is -3.81. The topological polar surface area (TPSA) is 58.2 Å². The quantitative estimate of drug-likeness (QED) is 0.775. The Balaban J connectivity index is 2.88. The summed E-state index contributed by atoms with van der Waals surface area (Å²) in [5.74, 6) is -0.714. The Kier molecular flexibility index (Phi) is 6.77. The summed E-state index contributed by atoms with van der Waals surface area (Å²) in [6.07, 6.45) is 1.59. The maximum absolute atomic E-state index is 14.1. The molecule has 1 atom stereocenters. The number of hydrogen-bond donors (Lipinski definition) is 2. The van der Waals surface area contributed by atoms with Gasteiger partial charge in [0.05, 0.1) is 0 Å². The number of halogens is 1. The molecule has 0 fully saturated rings. The fraction of sp³-hybridized carbons (Fsp3) is 0.600. The van der Waals surface area contributed by atoms with Gasteiger partial charge in [0, 0.05) is 18.6 Å². The van der Waals surface area contributed by atoms with Crippen LogP contribution in [0.4, 0.5) is 4.39 Å². The first kappa shape index (κ1) is 18.1. The van der Waals surface area contributed by atoms with Crippen LogP contribution in [0.3, 0.4) is 0 Å². The van der Waals surface area contributed by atoms with Crippen LogP contribution in [0.15, 0.2) is 23.1 Å². The van der Waals surface area contributed by atoms with Gasteiger partial charge in [-0.2, -0.15) is 0 Å². The van der Waals surface area contributed by atoms with Gasteiger partial charge in [0.15, 0.2) is 0 Å². The lowest BCUT2D eigenvalue weighted by molar-refractivity contribution is 0.529. The van der Waals surface area contributed by atoms with Crippen LogP contribution in [0.5, 0.6) is 0 Å². The molecule has 0 saturated heterocycles. The van der Waals surface area contributed by atoms with Gasteiger partial charge in [-0.05, 0) is 31.0 Å². The lowest BCUT2D eigenvalue weighted by Crippen LogP contribution is -2.33. The van der Waals surface area contributed by atoms with E-state index in [0.29, 0.717) is 6.54 Å². The highest BCUT2D eigenvalue weighted by Gasteiger charge is 2.21. The molecule has 1 rings (SSSR count). The second-order valence-electron chi connectivity index (χ2n) is 5.61. The van der Waals surface area contributed by atoms with Crippen LogP contribution >= 0.6 is 0 Å². The average Bonchev–Trinajstić information content (AvgIpc) is 2.35. The van der Waals surface area contributed by atoms with Gasteiger partial charge < -0.3 is 5.32 Å². The van der Waals surface area contributed by atoms with Crippen molar-refractivity contribution in [1.29, 1.82) is 0 Å². The van der Waals surface area contributed by atoms with Gasteiger partial charge in [-0.3, -0.25) is 0 Å². The third-order valence-corrected chi connectivity index (χ3v) is 4.70. The molecule has 0 spiro atoms. The highest BCUT2D eigenvalue weighted by molar-refractivity contribution is 7.89. The molecular formula is C15H25FN2O2S. The highest BCUT2D eigenvalue weighted by Crippen LogP contribution is 2.17. The van der Waals surface area contributed by atoms with E-state index in [2.05, 4.69) is 10.0 Å². The molecule has 4 nitrogen and oxygen atoms in total. The van der Waals surface area contributed by atoms with Gasteiger partial charge in [0.2, 0.25) is 10.0 Å². The Morgan fingerprint density at radius 3 is 2.43 bits per heavy atom. The first-order valence-electron chi connectivity index (χ1n) is 7.30. The molecule has 0 amide bonds. The Morgan fingerprint density at radius 1 is 1.24 bits per heavy atom. The molecule has 6 heteroatoms. The number of benzene rings is 1. The van der Waals surface area contributed by atoms with E-state index in [1.165, 1.54) is 12.1 Å². The van der Waals surface area contributed by atoms with Crippen molar-refractivity contribution in [3.8, 4) is 0 Å². The molecule has 1 unspecified atom stereocenters. The number of nitrogens with one attached hydrogen (secondary N) is 2. The van der Waals surface area contributed by atoms with Crippen molar-refractivity contribution in [2.75, 3.05) is 0 Å². The minimum Gasteiger partial charge on any atom is -0.310 e. The van der Waals surface area contributed by atoms with E-state index in [1.54, 1.807) is 13.0 Å². The van der Waals surface area contributed by atoms with Crippen LogP contribution in [0.2, 0.25) is 0 Å². The van der Waals surface area contributed by atoms with Crippen LogP contribution in [0.25, 0.3) is 0 Å². The van der Waals surface area contributed by atoms with Crippen LogP contribution in [-0.2, 0) is 16.6 Å². The molecule has 0 aliphatic heterocycles. The van der Waals surface area contributed by atoms with Crippen LogP contribution in [0.1, 0.15) is 46.1 Å². The standard InChI is InChI=1S/C15H25FN2O2S/c1-5-6-12(4)18-21(19,20)15-8-7-13(9-14(15)16)10-17-11(2)3/h7-9,11-12,17-18H,5-6,10H2,1-4H3. The lowest BCUT2D eigenvalue weighted by Gasteiger charge is -2.14. The van der Waals surface area contributed by atoms with Crippen molar-refractivity contribution in [2.24, 2.45) is 0 Å². The second kappa shape index (κ2) is 7.87.